The number of hydrogen-bond donors (Lipinski definition) is 0. The zero-order chi connectivity index (χ0) is 15.3. The normalized spacial score (nSPS) is 24.2. The average molecular weight is 294 g/mol. The van der Waals surface area contributed by atoms with Crippen molar-refractivity contribution in [3.05, 3.63) is 28.8 Å². The Morgan fingerprint density at radius 3 is 2.05 bits per heavy atom. The van der Waals surface area contributed by atoms with Crippen LogP contribution < -0.4 is 4.90 Å². The zero-order valence-electron chi connectivity index (χ0n) is 14.0. The van der Waals surface area contributed by atoms with Gasteiger partial charge in [-0.25, -0.2) is 0 Å². The lowest BCUT2D eigenvalue weighted by Crippen LogP contribution is -2.46. The molecule has 1 fully saturated rings. The molecule has 1 atom stereocenters. The molecule has 1 aliphatic heterocycles. The van der Waals surface area contributed by atoms with Crippen molar-refractivity contribution >= 4 is 17.3 Å². The molecule has 1 heterocycles. The van der Waals surface area contributed by atoms with Crippen LogP contribution >= 0.6 is 11.6 Å². The molecular weight excluding hydrogens is 266 g/mol. The van der Waals surface area contributed by atoms with E-state index in [9.17, 15) is 0 Å². The maximum atomic E-state index is 6.36. The van der Waals surface area contributed by atoms with Gasteiger partial charge >= 0.3 is 0 Å². The van der Waals surface area contributed by atoms with Gasteiger partial charge in [-0.2, -0.15) is 0 Å². The van der Waals surface area contributed by atoms with Crippen LogP contribution in [0.2, 0.25) is 0 Å². The Balaban J connectivity index is 2.61. The second-order valence-corrected chi connectivity index (χ2v) is 8.07. The third-order valence-electron chi connectivity index (χ3n) is 4.78. The molecule has 0 spiro atoms. The topological polar surface area (TPSA) is 3.24 Å². The average Bonchev–Trinajstić information content (AvgIpc) is 2.42. The van der Waals surface area contributed by atoms with E-state index >= 15 is 0 Å². The molecule has 2 rings (SSSR count). The number of nitrogens with zero attached hydrogens (tertiary/aromatic N) is 1. The molecule has 0 amide bonds. The SMILES string of the molecule is Cc1cc(C)c(N2C(CCl)C(C)(C)CC2(C)C)c(C)c1. The first-order valence-electron chi connectivity index (χ1n) is 7.53. The van der Waals surface area contributed by atoms with Crippen LogP contribution in [-0.4, -0.2) is 17.5 Å². The van der Waals surface area contributed by atoms with Crippen LogP contribution in [0.15, 0.2) is 12.1 Å². The second kappa shape index (κ2) is 4.94. The van der Waals surface area contributed by atoms with Gasteiger partial charge in [-0.15, -0.1) is 11.6 Å². The maximum absolute atomic E-state index is 6.36. The Hall–Kier alpha value is -0.690. The molecule has 1 nitrogen and oxygen atoms in total. The standard InChI is InChI=1S/C18H28ClN/c1-12-8-13(2)16(14(3)9-12)20-15(10-19)17(4,5)11-18(20,6)7/h8-9,15H,10-11H2,1-7H3. The van der Waals surface area contributed by atoms with Crippen molar-refractivity contribution in [1.29, 1.82) is 0 Å². The first-order chi connectivity index (χ1) is 9.10. The molecule has 0 saturated carbocycles. The molecule has 2 heteroatoms. The minimum Gasteiger partial charge on any atom is -0.361 e. The zero-order valence-corrected chi connectivity index (χ0v) is 14.7. The molecular formula is C18H28ClN. The summed E-state index contributed by atoms with van der Waals surface area (Å²) in [5, 5.41) is 0. The summed E-state index contributed by atoms with van der Waals surface area (Å²) in [5.74, 6) is 0.684. The Morgan fingerprint density at radius 2 is 1.60 bits per heavy atom. The van der Waals surface area contributed by atoms with E-state index in [1.807, 2.05) is 0 Å². The van der Waals surface area contributed by atoms with E-state index < -0.39 is 0 Å². The van der Waals surface area contributed by atoms with Gasteiger partial charge in [0.25, 0.3) is 0 Å². The lowest BCUT2D eigenvalue weighted by Gasteiger charge is -2.40. The maximum Gasteiger partial charge on any atom is 0.0482 e. The van der Waals surface area contributed by atoms with E-state index in [0.29, 0.717) is 11.9 Å². The molecule has 1 aliphatic rings. The fourth-order valence-corrected chi connectivity index (χ4v) is 4.93. The molecule has 1 aromatic rings. The predicted molar refractivity (Wildman–Crippen MR) is 90.1 cm³/mol. The summed E-state index contributed by atoms with van der Waals surface area (Å²) in [6.07, 6.45) is 1.17. The number of aryl methyl sites for hydroxylation is 3. The number of benzene rings is 1. The molecule has 1 aromatic carbocycles. The van der Waals surface area contributed by atoms with Gasteiger partial charge in [-0.05, 0) is 57.6 Å². The van der Waals surface area contributed by atoms with Gasteiger partial charge < -0.3 is 4.90 Å². The fraction of sp³-hybridized carbons (Fsp3) is 0.667. The van der Waals surface area contributed by atoms with E-state index in [2.05, 4.69) is 65.5 Å². The van der Waals surface area contributed by atoms with Gasteiger partial charge in [0, 0.05) is 23.1 Å². The Morgan fingerprint density at radius 1 is 1.10 bits per heavy atom. The van der Waals surface area contributed by atoms with Crippen LogP contribution in [0, 0.1) is 26.2 Å². The van der Waals surface area contributed by atoms with Crippen LogP contribution in [0.1, 0.15) is 50.8 Å². The summed E-state index contributed by atoms with van der Waals surface area (Å²) in [7, 11) is 0. The van der Waals surface area contributed by atoms with Gasteiger partial charge in [0.2, 0.25) is 0 Å². The number of hydrogen-bond acceptors (Lipinski definition) is 1. The van der Waals surface area contributed by atoms with E-state index in [0.717, 1.165) is 0 Å². The first-order valence-corrected chi connectivity index (χ1v) is 8.07. The summed E-state index contributed by atoms with van der Waals surface area (Å²) in [5.41, 5.74) is 5.84. The highest BCUT2D eigenvalue weighted by atomic mass is 35.5. The van der Waals surface area contributed by atoms with Crippen molar-refractivity contribution in [3.63, 3.8) is 0 Å². The number of rotatable bonds is 2. The third kappa shape index (κ3) is 2.45. The van der Waals surface area contributed by atoms with Crippen molar-refractivity contribution in [1.82, 2.24) is 0 Å². The molecule has 0 aliphatic carbocycles. The van der Waals surface area contributed by atoms with Gasteiger partial charge in [0.1, 0.15) is 0 Å². The molecule has 1 unspecified atom stereocenters. The molecule has 112 valence electrons. The van der Waals surface area contributed by atoms with Crippen molar-refractivity contribution in [2.24, 2.45) is 5.41 Å². The van der Waals surface area contributed by atoms with Crippen LogP contribution in [0.25, 0.3) is 0 Å². The van der Waals surface area contributed by atoms with Gasteiger partial charge in [0.05, 0.1) is 0 Å². The molecule has 20 heavy (non-hydrogen) atoms. The molecule has 0 aromatic heterocycles. The summed E-state index contributed by atoms with van der Waals surface area (Å²) in [6.45, 7) is 16.0. The largest absolute Gasteiger partial charge is 0.361 e. The molecule has 0 N–H and O–H groups in total. The van der Waals surface area contributed by atoms with Gasteiger partial charge in [0.15, 0.2) is 0 Å². The molecule has 0 bridgehead atoms. The number of anilines is 1. The highest BCUT2D eigenvalue weighted by molar-refractivity contribution is 6.18. The van der Waals surface area contributed by atoms with Gasteiger partial charge in [-0.1, -0.05) is 31.5 Å². The summed E-state index contributed by atoms with van der Waals surface area (Å²) in [4.78, 5) is 2.59. The highest BCUT2D eigenvalue weighted by Crippen LogP contribution is 2.50. The second-order valence-electron chi connectivity index (χ2n) is 7.77. The Labute approximate surface area is 129 Å². The van der Waals surface area contributed by atoms with Gasteiger partial charge in [-0.3, -0.25) is 0 Å². The smallest absolute Gasteiger partial charge is 0.0482 e. The van der Waals surface area contributed by atoms with E-state index in [-0.39, 0.29) is 11.0 Å². The van der Waals surface area contributed by atoms with Crippen molar-refractivity contribution < 1.29 is 0 Å². The Bertz CT molecular complexity index is 493. The van der Waals surface area contributed by atoms with Crippen LogP contribution in [0.4, 0.5) is 5.69 Å². The Kier molecular flexibility index (Phi) is 3.88. The number of alkyl halides is 1. The van der Waals surface area contributed by atoms with Crippen LogP contribution in [-0.2, 0) is 0 Å². The summed E-state index contributed by atoms with van der Waals surface area (Å²) >= 11 is 6.36. The molecule has 1 saturated heterocycles. The van der Waals surface area contributed by atoms with E-state index in [1.54, 1.807) is 0 Å². The summed E-state index contributed by atoms with van der Waals surface area (Å²) in [6, 6.07) is 4.96. The minimum atomic E-state index is 0.147. The number of halogens is 1. The molecule has 0 radical (unpaired) electrons. The van der Waals surface area contributed by atoms with Crippen LogP contribution in [0.3, 0.4) is 0 Å². The quantitative estimate of drug-likeness (QED) is 0.675. The van der Waals surface area contributed by atoms with Crippen molar-refractivity contribution in [2.45, 2.75) is 66.5 Å². The summed E-state index contributed by atoms with van der Waals surface area (Å²) < 4.78 is 0. The first kappa shape index (κ1) is 15.7. The van der Waals surface area contributed by atoms with E-state index in [1.165, 1.54) is 28.8 Å². The van der Waals surface area contributed by atoms with Crippen molar-refractivity contribution in [3.8, 4) is 0 Å². The van der Waals surface area contributed by atoms with Crippen LogP contribution in [0.5, 0.6) is 0 Å². The minimum absolute atomic E-state index is 0.147. The third-order valence-corrected chi connectivity index (χ3v) is 5.07. The lowest BCUT2D eigenvalue weighted by atomic mass is 9.82. The lowest BCUT2D eigenvalue weighted by molar-refractivity contribution is 0.331. The monoisotopic (exact) mass is 293 g/mol. The van der Waals surface area contributed by atoms with Crippen molar-refractivity contribution in [2.75, 3.05) is 10.8 Å². The predicted octanol–water partition coefficient (Wildman–Crippen LogP) is 5.23. The fourth-order valence-electron chi connectivity index (χ4n) is 4.38. The van der Waals surface area contributed by atoms with E-state index in [4.69, 9.17) is 11.6 Å². The highest BCUT2D eigenvalue weighted by Gasteiger charge is 2.50.